The summed E-state index contributed by atoms with van der Waals surface area (Å²) in [5.41, 5.74) is 9.17. The molecule has 0 fully saturated rings. The largest absolute Gasteiger partial charge is 0.455 e. The molecule has 1 aliphatic carbocycles. The van der Waals surface area contributed by atoms with E-state index in [4.69, 9.17) is 27.6 Å². The molecule has 3 amide bonds. The van der Waals surface area contributed by atoms with Crippen molar-refractivity contribution in [3.63, 3.8) is 0 Å². The molecule has 0 radical (unpaired) electrons. The molecule has 2 aromatic carbocycles. The quantitative estimate of drug-likeness (QED) is 0.440. The average molecular weight is 517 g/mol. The van der Waals surface area contributed by atoms with Gasteiger partial charge >= 0.3 is 5.91 Å². The second-order valence-electron chi connectivity index (χ2n) is 7.75. The van der Waals surface area contributed by atoms with Gasteiger partial charge in [0.1, 0.15) is 11.6 Å². The number of amides is 3. The molecular formula is C24H19Cl2FN4O4. The summed E-state index contributed by atoms with van der Waals surface area (Å²) in [5.74, 6) is -1.69. The lowest BCUT2D eigenvalue weighted by molar-refractivity contribution is 0.0829. The van der Waals surface area contributed by atoms with Crippen LogP contribution in [-0.2, 0) is 6.42 Å². The van der Waals surface area contributed by atoms with Crippen molar-refractivity contribution in [3.8, 4) is 0 Å². The first-order chi connectivity index (χ1) is 16.7. The molecular weight excluding hydrogens is 498 g/mol. The minimum atomic E-state index is -0.663. The summed E-state index contributed by atoms with van der Waals surface area (Å²) in [4.78, 5) is 37.4. The van der Waals surface area contributed by atoms with E-state index < -0.39 is 23.5 Å². The van der Waals surface area contributed by atoms with Crippen molar-refractivity contribution in [1.29, 1.82) is 0 Å². The highest BCUT2D eigenvalue weighted by Crippen LogP contribution is 2.30. The van der Waals surface area contributed by atoms with E-state index in [1.165, 1.54) is 24.3 Å². The lowest BCUT2D eigenvalue weighted by atomic mass is 9.93. The summed E-state index contributed by atoms with van der Waals surface area (Å²) in [6, 6.07) is 9.38. The van der Waals surface area contributed by atoms with Gasteiger partial charge in [0.2, 0.25) is 0 Å². The normalized spacial score (nSPS) is 13.8. The van der Waals surface area contributed by atoms with E-state index in [0.717, 1.165) is 12.1 Å². The zero-order valence-corrected chi connectivity index (χ0v) is 19.9. The summed E-state index contributed by atoms with van der Waals surface area (Å²) in [5, 5.41) is 4.85. The van der Waals surface area contributed by atoms with E-state index in [9.17, 15) is 18.8 Å². The van der Waals surface area contributed by atoms with Gasteiger partial charge in [0.25, 0.3) is 11.8 Å². The number of halogens is 3. The first-order valence-corrected chi connectivity index (χ1v) is 11.3. The molecule has 0 aliphatic heterocycles. The van der Waals surface area contributed by atoms with E-state index in [-0.39, 0.29) is 21.9 Å². The summed E-state index contributed by atoms with van der Waals surface area (Å²) >= 11 is 12.0. The Labute approximate surface area is 209 Å². The lowest BCUT2D eigenvalue weighted by Crippen LogP contribution is -2.41. The highest BCUT2D eigenvalue weighted by molar-refractivity contribution is 6.36. The average Bonchev–Trinajstić information content (AvgIpc) is 3.18. The van der Waals surface area contributed by atoms with Crippen molar-refractivity contribution in [2.45, 2.75) is 26.2 Å². The third-order valence-corrected chi connectivity index (χ3v) is 5.94. The number of carbonyl (C=O) groups is 3. The van der Waals surface area contributed by atoms with Crippen molar-refractivity contribution >= 4 is 46.6 Å². The van der Waals surface area contributed by atoms with Crippen LogP contribution in [0.2, 0.25) is 10.0 Å². The molecule has 11 heteroatoms. The van der Waals surface area contributed by atoms with Crippen molar-refractivity contribution in [1.82, 2.24) is 16.3 Å². The van der Waals surface area contributed by atoms with Crippen LogP contribution in [0.15, 0.2) is 52.0 Å². The standard InChI is InChI=1S/C24H19Cl2FN4O4/c1-12-20-18(28-30-23(33)16-10-7-14(25)11-17(16)26)3-2-4-19(20)35-21(12)24(34)31-29-22(32)13-5-8-15(27)9-6-13/h5-11H,2-4H2,1H3,(H,29,32)(H,30,33)(H,31,34)/b28-18+. The smallest absolute Gasteiger partial charge is 0.305 e. The second-order valence-corrected chi connectivity index (χ2v) is 8.59. The Bertz CT molecular complexity index is 1350. The van der Waals surface area contributed by atoms with Crippen LogP contribution in [0.1, 0.15) is 61.0 Å². The van der Waals surface area contributed by atoms with Crippen LogP contribution in [0.3, 0.4) is 0 Å². The molecule has 0 saturated heterocycles. The number of nitrogens with one attached hydrogen (secondary N) is 3. The number of hydrogen-bond donors (Lipinski definition) is 3. The topological polar surface area (TPSA) is 113 Å². The summed E-state index contributed by atoms with van der Waals surface area (Å²) < 4.78 is 18.8. The van der Waals surface area contributed by atoms with Gasteiger partial charge in [0.15, 0.2) is 5.76 Å². The van der Waals surface area contributed by atoms with E-state index in [1.54, 1.807) is 13.0 Å². The number of rotatable bonds is 4. The zero-order valence-electron chi connectivity index (χ0n) is 18.4. The molecule has 0 spiro atoms. The van der Waals surface area contributed by atoms with E-state index >= 15 is 0 Å². The number of hydrogen-bond acceptors (Lipinski definition) is 5. The van der Waals surface area contributed by atoms with Gasteiger partial charge in [-0.15, -0.1) is 0 Å². The molecule has 1 heterocycles. The monoisotopic (exact) mass is 516 g/mol. The van der Waals surface area contributed by atoms with Gasteiger partial charge in [-0.2, -0.15) is 5.10 Å². The molecule has 3 aromatic rings. The summed E-state index contributed by atoms with van der Waals surface area (Å²) in [6.45, 7) is 1.69. The van der Waals surface area contributed by atoms with Crippen molar-refractivity contribution in [2.24, 2.45) is 5.10 Å². The van der Waals surface area contributed by atoms with Crippen LogP contribution in [0.25, 0.3) is 0 Å². The highest BCUT2D eigenvalue weighted by atomic mass is 35.5. The molecule has 0 saturated carbocycles. The molecule has 8 nitrogen and oxygen atoms in total. The number of benzene rings is 2. The van der Waals surface area contributed by atoms with E-state index in [0.29, 0.717) is 46.9 Å². The molecule has 0 unspecified atom stereocenters. The predicted octanol–water partition coefficient (Wildman–Crippen LogP) is 4.58. The zero-order chi connectivity index (χ0) is 25.1. The number of furan rings is 1. The van der Waals surface area contributed by atoms with Crippen LogP contribution in [0.5, 0.6) is 0 Å². The molecule has 1 aliphatic rings. The Kier molecular flexibility index (Phi) is 7.18. The maximum absolute atomic E-state index is 13.0. The second kappa shape index (κ2) is 10.3. The summed E-state index contributed by atoms with van der Waals surface area (Å²) in [6.07, 6.45) is 1.85. The van der Waals surface area contributed by atoms with Gasteiger partial charge in [-0.25, -0.2) is 9.82 Å². The molecule has 0 bridgehead atoms. The molecule has 180 valence electrons. The molecule has 1 aromatic heterocycles. The van der Waals surface area contributed by atoms with Crippen LogP contribution < -0.4 is 16.3 Å². The van der Waals surface area contributed by atoms with Gasteiger partial charge in [0.05, 0.1) is 16.3 Å². The third-order valence-electron chi connectivity index (χ3n) is 5.40. The number of fused-ring (bicyclic) bond motifs is 1. The lowest BCUT2D eigenvalue weighted by Gasteiger charge is -2.13. The number of hydrazone groups is 1. The predicted molar refractivity (Wildman–Crippen MR) is 128 cm³/mol. The maximum Gasteiger partial charge on any atom is 0.305 e. The number of hydrazine groups is 1. The number of aryl methyl sites for hydroxylation is 1. The fourth-order valence-corrected chi connectivity index (χ4v) is 4.19. The minimum absolute atomic E-state index is 0.0103. The number of carbonyl (C=O) groups excluding carboxylic acids is 3. The van der Waals surface area contributed by atoms with E-state index in [2.05, 4.69) is 21.4 Å². The first-order valence-electron chi connectivity index (χ1n) is 10.6. The molecule has 3 N–H and O–H groups in total. The molecule has 4 rings (SSSR count). The van der Waals surface area contributed by atoms with Crippen LogP contribution in [0.4, 0.5) is 4.39 Å². The maximum atomic E-state index is 13.0. The van der Waals surface area contributed by atoms with Gasteiger partial charge in [-0.1, -0.05) is 23.2 Å². The van der Waals surface area contributed by atoms with Crippen molar-refractivity contribution in [3.05, 3.63) is 92.1 Å². The Hall–Kier alpha value is -3.69. The van der Waals surface area contributed by atoms with Gasteiger partial charge < -0.3 is 4.42 Å². The molecule has 35 heavy (non-hydrogen) atoms. The minimum Gasteiger partial charge on any atom is -0.455 e. The Morgan fingerprint density at radius 3 is 2.40 bits per heavy atom. The molecule has 0 atom stereocenters. The summed E-state index contributed by atoms with van der Waals surface area (Å²) in [7, 11) is 0. The number of nitrogens with zero attached hydrogens (tertiary/aromatic N) is 1. The van der Waals surface area contributed by atoms with E-state index in [1.807, 2.05) is 0 Å². The van der Waals surface area contributed by atoms with Crippen molar-refractivity contribution in [2.75, 3.05) is 0 Å². The Morgan fingerprint density at radius 1 is 0.971 bits per heavy atom. The first kappa shape index (κ1) is 24.4. The Balaban J connectivity index is 1.48. The van der Waals surface area contributed by atoms with Crippen LogP contribution >= 0.6 is 23.2 Å². The SMILES string of the molecule is Cc1c(C(=O)NNC(=O)c2ccc(F)cc2)oc2c1/C(=N/NC(=O)c1ccc(Cl)cc1Cl)CCC2. The highest BCUT2D eigenvalue weighted by Gasteiger charge is 2.28. The Morgan fingerprint density at radius 2 is 1.69 bits per heavy atom. The van der Waals surface area contributed by atoms with Gasteiger partial charge in [0, 0.05) is 28.1 Å². The van der Waals surface area contributed by atoms with Gasteiger partial charge in [-0.05, 0) is 62.2 Å². The van der Waals surface area contributed by atoms with Crippen molar-refractivity contribution < 1.29 is 23.2 Å². The third kappa shape index (κ3) is 5.36. The van der Waals surface area contributed by atoms with Gasteiger partial charge in [-0.3, -0.25) is 25.2 Å². The van der Waals surface area contributed by atoms with Crippen LogP contribution in [0, 0.1) is 12.7 Å². The van der Waals surface area contributed by atoms with Crippen LogP contribution in [-0.4, -0.2) is 23.4 Å². The fourth-order valence-electron chi connectivity index (χ4n) is 3.69. The fraction of sp³-hybridized carbons (Fsp3) is 0.167.